The first-order valence-electron chi connectivity index (χ1n) is 7.52. The molecular weight excluding hydrogens is 346 g/mol. The molecule has 1 heterocycles. The van der Waals surface area contributed by atoms with Crippen molar-refractivity contribution in [1.82, 2.24) is 10.0 Å². The molecule has 0 fully saturated rings. The standard InChI is InChI=1S/C16H21N3O3S2/c1-12(9-17)10-18-16(20)13-4-2-6-15(8-13)24(21,22)19-11-14-5-3-7-23-14/h2-8,12,19H,9-11,17H2,1H3,(H,18,20). The Morgan fingerprint density at radius 3 is 2.75 bits per heavy atom. The van der Waals surface area contributed by atoms with Crippen LogP contribution in [0.3, 0.4) is 0 Å². The molecule has 1 unspecified atom stereocenters. The lowest BCUT2D eigenvalue weighted by molar-refractivity contribution is 0.0948. The van der Waals surface area contributed by atoms with Gasteiger partial charge in [-0.25, -0.2) is 13.1 Å². The number of hydrogen-bond acceptors (Lipinski definition) is 5. The van der Waals surface area contributed by atoms with Crippen molar-refractivity contribution in [3.8, 4) is 0 Å². The Balaban J connectivity index is 2.06. The summed E-state index contributed by atoms with van der Waals surface area (Å²) in [6.45, 7) is 3.07. The Kier molecular flexibility index (Phi) is 6.50. The zero-order valence-electron chi connectivity index (χ0n) is 13.4. The van der Waals surface area contributed by atoms with Gasteiger partial charge in [-0.3, -0.25) is 4.79 Å². The molecule has 1 amide bonds. The molecule has 0 spiro atoms. The predicted molar refractivity (Wildman–Crippen MR) is 95.3 cm³/mol. The Morgan fingerprint density at radius 2 is 2.08 bits per heavy atom. The van der Waals surface area contributed by atoms with Gasteiger partial charge in [0.15, 0.2) is 0 Å². The van der Waals surface area contributed by atoms with E-state index in [4.69, 9.17) is 5.73 Å². The van der Waals surface area contributed by atoms with Crippen molar-refractivity contribution in [3.05, 3.63) is 52.2 Å². The molecule has 1 aromatic heterocycles. The van der Waals surface area contributed by atoms with E-state index in [9.17, 15) is 13.2 Å². The van der Waals surface area contributed by atoms with Crippen LogP contribution in [0.5, 0.6) is 0 Å². The number of sulfonamides is 1. The molecule has 2 rings (SSSR count). The number of nitrogens with two attached hydrogens (primary N) is 1. The topological polar surface area (TPSA) is 101 Å². The first-order chi connectivity index (χ1) is 11.4. The van der Waals surface area contributed by atoms with Crippen molar-refractivity contribution >= 4 is 27.3 Å². The molecule has 130 valence electrons. The van der Waals surface area contributed by atoms with Crippen LogP contribution in [0.25, 0.3) is 0 Å². The number of carbonyl (C=O) groups excluding carboxylic acids is 1. The van der Waals surface area contributed by atoms with Crippen LogP contribution in [0.15, 0.2) is 46.7 Å². The maximum atomic E-state index is 12.4. The number of rotatable bonds is 8. The van der Waals surface area contributed by atoms with E-state index >= 15 is 0 Å². The number of benzene rings is 1. The zero-order chi connectivity index (χ0) is 17.6. The lowest BCUT2D eigenvalue weighted by atomic mass is 10.1. The number of thiophene rings is 1. The van der Waals surface area contributed by atoms with Crippen LogP contribution in [-0.2, 0) is 16.6 Å². The molecule has 2 aromatic rings. The molecule has 0 saturated heterocycles. The summed E-state index contributed by atoms with van der Waals surface area (Å²) in [5.41, 5.74) is 5.82. The lowest BCUT2D eigenvalue weighted by Crippen LogP contribution is -2.31. The molecule has 4 N–H and O–H groups in total. The van der Waals surface area contributed by atoms with Crippen LogP contribution < -0.4 is 15.8 Å². The van der Waals surface area contributed by atoms with Gasteiger partial charge in [-0.2, -0.15) is 0 Å². The molecule has 0 aliphatic rings. The third-order valence-corrected chi connectivity index (χ3v) is 5.71. The van der Waals surface area contributed by atoms with Crippen LogP contribution in [0.1, 0.15) is 22.2 Å². The van der Waals surface area contributed by atoms with Crippen LogP contribution >= 0.6 is 11.3 Å². The first kappa shape index (κ1) is 18.6. The van der Waals surface area contributed by atoms with Crippen molar-refractivity contribution < 1.29 is 13.2 Å². The normalized spacial score (nSPS) is 12.8. The van der Waals surface area contributed by atoms with Crippen molar-refractivity contribution in [3.63, 3.8) is 0 Å². The Morgan fingerprint density at radius 1 is 1.29 bits per heavy atom. The second kappa shape index (κ2) is 8.39. The van der Waals surface area contributed by atoms with Gasteiger partial charge in [0.1, 0.15) is 0 Å². The lowest BCUT2D eigenvalue weighted by Gasteiger charge is -2.11. The average Bonchev–Trinajstić information content (AvgIpc) is 3.11. The maximum absolute atomic E-state index is 12.4. The van der Waals surface area contributed by atoms with E-state index in [-0.39, 0.29) is 23.3 Å². The number of amides is 1. The fourth-order valence-electron chi connectivity index (χ4n) is 1.92. The van der Waals surface area contributed by atoms with Gasteiger partial charge in [0, 0.05) is 23.5 Å². The Bertz CT molecular complexity index is 774. The largest absolute Gasteiger partial charge is 0.352 e. The molecule has 0 aliphatic heterocycles. The number of nitrogens with one attached hydrogen (secondary N) is 2. The summed E-state index contributed by atoms with van der Waals surface area (Å²) in [5, 5.41) is 4.64. The van der Waals surface area contributed by atoms with Crippen LogP contribution in [0.4, 0.5) is 0 Å². The summed E-state index contributed by atoms with van der Waals surface area (Å²) >= 11 is 1.48. The van der Waals surface area contributed by atoms with E-state index in [1.54, 1.807) is 12.1 Å². The molecule has 1 aromatic carbocycles. The molecule has 0 bridgehead atoms. The second-order valence-electron chi connectivity index (χ2n) is 5.48. The highest BCUT2D eigenvalue weighted by Crippen LogP contribution is 2.14. The molecule has 0 saturated carbocycles. The first-order valence-corrected chi connectivity index (χ1v) is 9.89. The van der Waals surface area contributed by atoms with Crippen molar-refractivity contribution in [2.45, 2.75) is 18.4 Å². The third-order valence-electron chi connectivity index (χ3n) is 3.44. The highest BCUT2D eigenvalue weighted by atomic mass is 32.2. The molecule has 8 heteroatoms. The summed E-state index contributed by atoms with van der Waals surface area (Å²) in [6.07, 6.45) is 0. The third kappa shape index (κ3) is 5.13. The fourth-order valence-corrected chi connectivity index (χ4v) is 3.71. The molecule has 6 nitrogen and oxygen atoms in total. The van der Waals surface area contributed by atoms with Crippen LogP contribution in [0.2, 0.25) is 0 Å². The minimum Gasteiger partial charge on any atom is -0.352 e. The number of carbonyl (C=O) groups is 1. The van der Waals surface area contributed by atoms with E-state index in [0.29, 0.717) is 18.7 Å². The smallest absolute Gasteiger partial charge is 0.251 e. The van der Waals surface area contributed by atoms with Gasteiger partial charge in [-0.1, -0.05) is 19.1 Å². The van der Waals surface area contributed by atoms with Gasteiger partial charge in [-0.15, -0.1) is 11.3 Å². The van der Waals surface area contributed by atoms with Gasteiger partial charge < -0.3 is 11.1 Å². The van der Waals surface area contributed by atoms with Crippen LogP contribution in [0, 0.1) is 5.92 Å². The summed E-state index contributed by atoms with van der Waals surface area (Å²) in [7, 11) is -3.67. The SMILES string of the molecule is CC(CN)CNC(=O)c1cccc(S(=O)(=O)NCc2cccs2)c1. The van der Waals surface area contributed by atoms with Crippen molar-refractivity contribution in [2.75, 3.05) is 13.1 Å². The highest BCUT2D eigenvalue weighted by molar-refractivity contribution is 7.89. The zero-order valence-corrected chi connectivity index (χ0v) is 15.0. The van der Waals surface area contributed by atoms with Crippen molar-refractivity contribution in [2.24, 2.45) is 11.7 Å². The van der Waals surface area contributed by atoms with Gasteiger partial charge in [-0.05, 0) is 42.1 Å². The Labute approximate surface area is 146 Å². The van der Waals surface area contributed by atoms with Gasteiger partial charge in [0.2, 0.25) is 10.0 Å². The molecule has 0 radical (unpaired) electrons. The summed E-state index contributed by atoms with van der Waals surface area (Å²) < 4.78 is 27.3. The summed E-state index contributed by atoms with van der Waals surface area (Å²) in [6, 6.07) is 9.70. The van der Waals surface area contributed by atoms with Crippen LogP contribution in [-0.4, -0.2) is 27.4 Å². The molecular formula is C16H21N3O3S2. The maximum Gasteiger partial charge on any atom is 0.251 e. The minimum absolute atomic E-state index is 0.0681. The summed E-state index contributed by atoms with van der Waals surface area (Å²) in [5.74, 6) is -0.154. The van der Waals surface area contributed by atoms with Gasteiger partial charge in [0.05, 0.1) is 4.90 Å². The molecule has 24 heavy (non-hydrogen) atoms. The van der Waals surface area contributed by atoms with Crippen molar-refractivity contribution in [1.29, 1.82) is 0 Å². The monoisotopic (exact) mass is 367 g/mol. The second-order valence-corrected chi connectivity index (χ2v) is 8.28. The number of hydrogen-bond donors (Lipinski definition) is 3. The molecule has 1 atom stereocenters. The van der Waals surface area contributed by atoms with E-state index in [0.717, 1.165) is 4.88 Å². The summed E-state index contributed by atoms with van der Waals surface area (Å²) in [4.78, 5) is 13.1. The predicted octanol–water partition coefficient (Wildman–Crippen LogP) is 1.55. The molecule has 0 aliphatic carbocycles. The fraction of sp³-hybridized carbons (Fsp3) is 0.312. The average molecular weight is 367 g/mol. The van der Waals surface area contributed by atoms with Gasteiger partial charge >= 0.3 is 0 Å². The minimum atomic E-state index is -3.67. The van der Waals surface area contributed by atoms with E-state index < -0.39 is 10.0 Å². The van der Waals surface area contributed by atoms with Gasteiger partial charge in [0.25, 0.3) is 5.91 Å². The highest BCUT2D eigenvalue weighted by Gasteiger charge is 2.16. The van der Waals surface area contributed by atoms with E-state index in [1.807, 2.05) is 24.4 Å². The van der Waals surface area contributed by atoms with E-state index in [1.165, 1.54) is 23.5 Å². The quantitative estimate of drug-likeness (QED) is 0.659. The Hall–Kier alpha value is -1.74. The van der Waals surface area contributed by atoms with E-state index in [2.05, 4.69) is 10.0 Å².